The van der Waals surface area contributed by atoms with Crippen LogP contribution in [0.5, 0.6) is 11.8 Å². The van der Waals surface area contributed by atoms with E-state index in [9.17, 15) is 4.79 Å². The molecular weight excluding hydrogens is 298 g/mol. The molecule has 1 aromatic rings. The van der Waals surface area contributed by atoms with Gasteiger partial charge in [-0.1, -0.05) is 0 Å². The summed E-state index contributed by atoms with van der Waals surface area (Å²) in [5.41, 5.74) is 0.407. The molecule has 7 nitrogen and oxygen atoms in total. The number of aryl methyl sites for hydroxylation is 1. The summed E-state index contributed by atoms with van der Waals surface area (Å²) in [6, 6.07) is 1.81. The first-order valence-electron chi connectivity index (χ1n) is 7.81. The topological polar surface area (TPSA) is 73.8 Å². The SMILES string of the molecule is COc1nnc(OC2CCN(C(=O)OC(C)(C)C)CC2)cc1C. The van der Waals surface area contributed by atoms with Crippen molar-refractivity contribution in [1.82, 2.24) is 15.1 Å². The van der Waals surface area contributed by atoms with Crippen LogP contribution in [0.4, 0.5) is 4.79 Å². The van der Waals surface area contributed by atoms with Crippen LogP contribution in [0.15, 0.2) is 6.07 Å². The Morgan fingerprint density at radius 3 is 2.43 bits per heavy atom. The van der Waals surface area contributed by atoms with Crippen molar-refractivity contribution in [2.75, 3.05) is 20.2 Å². The molecule has 0 bridgehead atoms. The maximum atomic E-state index is 12.0. The molecule has 0 aliphatic carbocycles. The first-order valence-corrected chi connectivity index (χ1v) is 7.81. The monoisotopic (exact) mass is 323 g/mol. The molecule has 1 fully saturated rings. The molecular formula is C16H25N3O4. The maximum absolute atomic E-state index is 12.0. The van der Waals surface area contributed by atoms with Gasteiger partial charge in [-0.05, 0) is 27.7 Å². The first-order chi connectivity index (χ1) is 10.8. The highest BCUT2D eigenvalue weighted by Gasteiger charge is 2.27. The van der Waals surface area contributed by atoms with Crippen molar-refractivity contribution >= 4 is 6.09 Å². The number of aromatic nitrogens is 2. The Morgan fingerprint density at radius 2 is 1.91 bits per heavy atom. The smallest absolute Gasteiger partial charge is 0.410 e. The zero-order valence-corrected chi connectivity index (χ0v) is 14.5. The van der Waals surface area contributed by atoms with Gasteiger partial charge in [0.25, 0.3) is 0 Å². The summed E-state index contributed by atoms with van der Waals surface area (Å²) >= 11 is 0. The molecule has 7 heteroatoms. The lowest BCUT2D eigenvalue weighted by atomic mass is 10.1. The van der Waals surface area contributed by atoms with Crippen LogP contribution >= 0.6 is 0 Å². The van der Waals surface area contributed by atoms with Crippen molar-refractivity contribution in [3.63, 3.8) is 0 Å². The van der Waals surface area contributed by atoms with Gasteiger partial charge in [0.15, 0.2) is 0 Å². The van der Waals surface area contributed by atoms with E-state index in [1.54, 1.807) is 12.0 Å². The number of likely N-dealkylation sites (tertiary alicyclic amines) is 1. The van der Waals surface area contributed by atoms with Crippen LogP contribution in [-0.2, 0) is 4.74 Å². The van der Waals surface area contributed by atoms with E-state index in [0.29, 0.717) is 24.8 Å². The molecule has 1 aliphatic heterocycles. The molecule has 1 amide bonds. The van der Waals surface area contributed by atoms with Crippen LogP contribution < -0.4 is 9.47 Å². The van der Waals surface area contributed by atoms with E-state index in [1.807, 2.05) is 33.8 Å². The number of hydrogen-bond donors (Lipinski definition) is 0. The third-order valence-corrected chi connectivity index (χ3v) is 3.49. The Bertz CT molecular complexity index is 549. The number of hydrogen-bond acceptors (Lipinski definition) is 6. The van der Waals surface area contributed by atoms with E-state index in [2.05, 4.69) is 10.2 Å². The van der Waals surface area contributed by atoms with Crippen LogP contribution in [0.1, 0.15) is 39.2 Å². The molecule has 128 valence electrons. The molecule has 23 heavy (non-hydrogen) atoms. The summed E-state index contributed by atoms with van der Waals surface area (Å²) in [5, 5.41) is 7.97. The third kappa shape index (κ3) is 4.97. The van der Waals surface area contributed by atoms with Gasteiger partial charge in [-0.25, -0.2) is 4.79 Å². The minimum atomic E-state index is -0.472. The lowest BCUT2D eigenvalue weighted by molar-refractivity contribution is 0.0122. The Labute approximate surface area is 136 Å². The predicted octanol–water partition coefficient (Wildman–Crippen LogP) is 2.57. The zero-order valence-electron chi connectivity index (χ0n) is 14.5. The van der Waals surface area contributed by atoms with Gasteiger partial charge in [0.1, 0.15) is 11.7 Å². The van der Waals surface area contributed by atoms with Gasteiger partial charge in [-0.2, -0.15) is 0 Å². The first kappa shape index (κ1) is 17.3. The van der Waals surface area contributed by atoms with Crippen molar-refractivity contribution in [3.8, 4) is 11.8 Å². The molecule has 0 unspecified atom stereocenters. The Morgan fingerprint density at radius 1 is 1.26 bits per heavy atom. The minimum Gasteiger partial charge on any atom is -0.480 e. The summed E-state index contributed by atoms with van der Waals surface area (Å²) < 4.78 is 16.3. The van der Waals surface area contributed by atoms with E-state index >= 15 is 0 Å². The summed E-state index contributed by atoms with van der Waals surface area (Å²) in [5.74, 6) is 0.983. The van der Waals surface area contributed by atoms with Crippen molar-refractivity contribution in [3.05, 3.63) is 11.6 Å². The van der Waals surface area contributed by atoms with E-state index in [-0.39, 0.29) is 12.2 Å². The van der Waals surface area contributed by atoms with Gasteiger partial charge in [0, 0.05) is 37.6 Å². The number of nitrogens with zero attached hydrogens (tertiary/aromatic N) is 3. The van der Waals surface area contributed by atoms with Gasteiger partial charge in [0.2, 0.25) is 11.8 Å². The highest BCUT2D eigenvalue weighted by Crippen LogP contribution is 2.22. The molecule has 1 aromatic heterocycles. The van der Waals surface area contributed by atoms with E-state index in [4.69, 9.17) is 14.2 Å². The minimum absolute atomic E-state index is 0.0239. The van der Waals surface area contributed by atoms with Crippen molar-refractivity contribution in [1.29, 1.82) is 0 Å². The second-order valence-electron chi connectivity index (χ2n) is 6.66. The fourth-order valence-electron chi connectivity index (χ4n) is 2.36. The van der Waals surface area contributed by atoms with E-state index < -0.39 is 5.60 Å². The molecule has 2 heterocycles. The predicted molar refractivity (Wildman–Crippen MR) is 84.8 cm³/mol. The fourth-order valence-corrected chi connectivity index (χ4v) is 2.36. The second-order valence-corrected chi connectivity index (χ2v) is 6.66. The quantitative estimate of drug-likeness (QED) is 0.851. The maximum Gasteiger partial charge on any atom is 0.410 e. The van der Waals surface area contributed by atoms with Crippen molar-refractivity contribution < 1.29 is 19.0 Å². The van der Waals surface area contributed by atoms with Crippen LogP contribution in [0.3, 0.4) is 0 Å². The van der Waals surface area contributed by atoms with E-state index in [0.717, 1.165) is 18.4 Å². The highest BCUT2D eigenvalue weighted by atomic mass is 16.6. The van der Waals surface area contributed by atoms with Crippen molar-refractivity contribution in [2.45, 2.75) is 52.2 Å². The summed E-state index contributed by atoms with van der Waals surface area (Å²) in [4.78, 5) is 13.7. The average Bonchev–Trinajstić information content (AvgIpc) is 2.46. The van der Waals surface area contributed by atoms with Crippen molar-refractivity contribution in [2.24, 2.45) is 0 Å². The second kappa shape index (κ2) is 7.02. The number of carbonyl (C=O) groups excluding carboxylic acids is 1. The summed E-state index contributed by atoms with van der Waals surface area (Å²) in [7, 11) is 1.56. The molecule has 0 spiro atoms. The third-order valence-electron chi connectivity index (χ3n) is 3.49. The van der Waals surface area contributed by atoms with Crippen LogP contribution in [0, 0.1) is 6.92 Å². The molecule has 0 radical (unpaired) electrons. The normalized spacial score (nSPS) is 16.1. The number of carbonyl (C=O) groups is 1. The molecule has 2 rings (SSSR count). The van der Waals surface area contributed by atoms with Crippen LogP contribution in [-0.4, -0.2) is 53.1 Å². The van der Waals surface area contributed by atoms with Crippen LogP contribution in [0.25, 0.3) is 0 Å². The lowest BCUT2D eigenvalue weighted by Crippen LogP contribution is -2.44. The lowest BCUT2D eigenvalue weighted by Gasteiger charge is -2.33. The summed E-state index contributed by atoms with van der Waals surface area (Å²) in [6.45, 7) is 8.72. The number of rotatable bonds is 3. The Balaban J connectivity index is 1.85. The number of ether oxygens (including phenoxy) is 3. The molecule has 0 aromatic carbocycles. The average molecular weight is 323 g/mol. The molecule has 0 atom stereocenters. The number of methoxy groups -OCH3 is 1. The highest BCUT2D eigenvalue weighted by molar-refractivity contribution is 5.68. The molecule has 1 aliphatic rings. The van der Waals surface area contributed by atoms with Gasteiger partial charge in [-0.15, -0.1) is 10.2 Å². The fraction of sp³-hybridized carbons (Fsp3) is 0.688. The number of amides is 1. The largest absolute Gasteiger partial charge is 0.480 e. The molecule has 1 saturated heterocycles. The van der Waals surface area contributed by atoms with E-state index in [1.165, 1.54) is 0 Å². The van der Waals surface area contributed by atoms with Gasteiger partial charge in [-0.3, -0.25) is 0 Å². The van der Waals surface area contributed by atoms with Gasteiger partial charge < -0.3 is 19.1 Å². The van der Waals surface area contributed by atoms with Gasteiger partial charge >= 0.3 is 6.09 Å². The van der Waals surface area contributed by atoms with Crippen LogP contribution in [0.2, 0.25) is 0 Å². The standard InChI is InChI=1S/C16H25N3O4/c1-11-10-13(17-18-14(11)21-5)22-12-6-8-19(9-7-12)15(20)23-16(2,3)4/h10,12H,6-9H2,1-5H3. The number of piperidine rings is 1. The molecule has 0 N–H and O–H groups in total. The Hall–Kier alpha value is -2.05. The Kier molecular flexibility index (Phi) is 5.28. The molecule has 0 saturated carbocycles. The zero-order chi connectivity index (χ0) is 17.0. The summed E-state index contributed by atoms with van der Waals surface area (Å²) in [6.07, 6.45) is 1.24. The van der Waals surface area contributed by atoms with Gasteiger partial charge in [0.05, 0.1) is 7.11 Å².